The quantitative estimate of drug-likeness (QED) is 0.808. The molecule has 1 aliphatic rings. The minimum atomic E-state index is 0. The monoisotopic (exact) mass is 240 g/mol. The highest BCUT2D eigenvalue weighted by Crippen LogP contribution is 2.39. The van der Waals surface area contributed by atoms with Gasteiger partial charge in [0.15, 0.2) is 0 Å². The van der Waals surface area contributed by atoms with Crippen LogP contribution in [-0.4, -0.2) is 30.5 Å². The Balaban J connectivity index is 0.00000128. The molecule has 16 heavy (non-hydrogen) atoms. The molecule has 0 radical (unpaired) electrons. The summed E-state index contributed by atoms with van der Waals surface area (Å²) in [5.41, 5.74) is 1.43. The van der Waals surface area contributed by atoms with Crippen molar-refractivity contribution in [2.24, 2.45) is 5.92 Å². The Labute approximate surface area is 104 Å². The molecular formula is C13H21ClN2. The molecule has 0 aliphatic heterocycles. The Kier molecular flexibility index (Phi) is 5.23. The zero-order chi connectivity index (χ0) is 10.7. The predicted molar refractivity (Wildman–Crippen MR) is 70.1 cm³/mol. The number of nitrogens with zero attached hydrogens (tertiary/aromatic N) is 2. The van der Waals surface area contributed by atoms with Gasteiger partial charge in [0.2, 0.25) is 0 Å². The van der Waals surface area contributed by atoms with Crippen LogP contribution in [0.3, 0.4) is 0 Å². The zero-order valence-electron chi connectivity index (χ0n) is 10.1. The summed E-state index contributed by atoms with van der Waals surface area (Å²) in [5, 5.41) is 0. The maximum Gasteiger partial charge on any atom is 0.0302 e. The molecule has 2 atom stereocenters. The molecule has 1 heterocycles. The van der Waals surface area contributed by atoms with Crippen LogP contribution in [0.5, 0.6) is 0 Å². The van der Waals surface area contributed by atoms with Crippen LogP contribution in [0.25, 0.3) is 0 Å². The number of hydrogen-bond acceptors (Lipinski definition) is 2. The molecular weight excluding hydrogens is 220 g/mol. The lowest BCUT2D eigenvalue weighted by Gasteiger charge is -2.23. The fraction of sp³-hybridized carbons (Fsp3) is 0.615. The molecule has 1 saturated carbocycles. The van der Waals surface area contributed by atoms with E-state index >= 15 is 0 Å². The third-order valence-electron chi connectivity index (χ3n) is 3.37. The lowest BCUT2D eigenvalue weighted by molar-refractivity contribution is 0.310. The van der Waals surface area contributed by atoms with E-state index in [2.05, 4.69) is 36.1 Å². The van der Waals surface area contributed by atoms with Gasteiger partial charge in [-0.2, -0.15) is 0 Å². The van der Waals surface area contributed by atoms with Crippen LogP contribution < -0.4 is 0 Å². The Morgan fingerprint density at radius 2 is 2.19 bits per heavy atom. The van der Waals surface area contributed by atoms with Gasteiger partial charge in [-0.3, -0.25) is 4.98 Å². The van der Waals surface area contributed by atoms with Crippen molar-refractivity contribution in [3.63, 3.8) is 0 Å². The van der Waals surface area contributed by atoms with Gasteiger partial charge in [-0.05, 0) is 50.4 Å². The fourth-order valence-electron chi connectivity index (χ4n) is 2.76. The van der Waals surface area contributed by atoms with Crippen molar-refractivity contribution in [2.75, 3.05) is 20.6 Å². The van der Waals surface area contributed by atoms with Crippen molar-refractivity contribution >= 4 is 12.4 Å². The average molecular weight is 241 g/mol. The van der Waals surface area contributed by atoms with Gasteiger partial charge in [0.1, 0.15) is 0 Å². The molecule has 1 aliphatic carbocycles. The summed E-state index contributed by atoms with van der Waals surface area (Å²) in [7, 11) is 4.33. The van der Waals surface area contributed by atoms with E-state index in [0.717, 1.165) is 11.8 Å². The molecule has 2 rings (SSSR count). The summed E-state index contributed by atoms with van der Waals surface area (Å²) in [6.07, 6.45) is 7.98. The minimum Gasteiger partial charge on any atom is -0.309 e. The van der Waals surface area contributed by atoms with E-state index in [-0.39, 0.29) is 12.4 Å². The van der Waals surface area contributed by atoms with Crippen LogP contribution in [0.1, 0.15) is 30.7 Å². The van der Waals surface area contributed by atoms with Crippen molar-refractivity contribution < 1.29 is 0 Å². The standard InChI is InChI=1S/C13H20N2.ClH/c1-15(2)10-12-5-3-7-13(12)11-6-4-8-14-9-11;/h4,6,8-9,12-13H,3,5,7,10H2,1-2H3;1H. The lowest BCUT2D eigenvalue weighted by atomic mass is 9.90. The summed E-state index contributed by atoms with van der Waals surface area (Å²) in [6, 6.07) is 4.28. The maximum absolute atomic E-state index is 4.23. The first kappa shape index (κ1) is 13.5. The van der Waals surface area contributed by atoms with Crippen LogP contribution in [0, 0.1) is 5.92 Å². The molecule has 0 N–H and O–H groups in total. The van der Waals surface area contributed by atoms with Crippen molar-refractivity contribution in [1.29, 1.82) is 0 Å². The molecule has 0 aromatic carbocycles. The molecule has 1 aromatic heterocycles. The topological polar surface area (TPSA) is 16.1 Å². The Bertz CT molecular complexity index is 300. The van der Waals surface area contributed by atoms with Crippen molar-refractivity contribution in [2.45, 2.75) is 25.2 Å². The van der Waals surface area contributed by atoms with E-state index in [0.29, 0.717) is 0 Å². The summed E-state index contributed by atoms with van der Waals surface area (Å²) < 4.78 is 0. The van der Waals surface area contributed by atoms with Gasteiger partial charge < -0.3 is 4.90 Å². The summed E-state index contributed by atoms with van der Waals surface area (Å²) >= 11 is 0. The van der Waals surface area contributed by atoms with Crippen LogP contribution in [0.2, 0.25) is 0 Å². The predicted octanol–water partition coefficient (Wildman–Crippen LogP) is 2.95. The summed E-state index contributed by atoms with van der Waals surface area (Å²) in [5.74, 6) is 1.56. The Morgan fingerprint density at radius 3 is 2.81 bits per heavy atom. The SMILES string of the molecule is CN(C)CC1CCCC1c1cccnc1.Cl. The number of rotatable bonds is 3. The van der Waals surface area contributed by atoms with E-state index in [1.54, 1.807) is 0 Å². The first-order valence-electron chi connectivity index (χ1n) is 5.82. The van der Waals surface area contributed by atoms with Crippen molar-refractivity contribution in [1.82, 2.24) is 9.88 Å². The van der Waals surface area contributed by atoms with Gasteiger partial charge in [0, 0.05) is 18.9 Å². The van der Waals surface area contributed by atoms with Crippen LogP contribution in [0.15, 0.2) is 24.5 Å². The number of hydrogen-bond donors (Lipinski definition) is 0. The van der Waals surface area contributed by atoms with Crippen LogP contribution in [0.4, 0.5) is 0 Å². The molecule has 90 valence electrons. The molecule has 3 heteroatoms. The van der Waals surface area contributed by atoms with Gasteiger partial charge in [-0.25, -0.2) is 0 Å². The highest BCUT2D eigenvalue weighted by atomic mass is 35.5. The van der Waals surface area contributed by atoms with E-state index in [1.165, 1.54) is 31.4 Å². The molecule has 2 unspecified atom stereocenters. The number of pyridine rings is 1. The zero-order valence-corrected chi connectivity index (χ0v) is 10.9. The second-order valence-electron chi connectivity index (χ2n) is 4.85. The number of aromatic nitrogens is 1. The smallest absolute Gasteiger partial charge is 0.0302 e. The van der Waals surface area contributed by atoms with Gasteiger partial charge in [-0.1, -0.05) is 12.5 Å². The molecule has 1 fully saturated rings. The number of halogens is 1. The minimum absolute atomic E-state index is 0. The van der Waals surface area contributed by atoms with Gasteiger partial charge in [-0.15, -0.1) is 12.4 Å². The molecule has 0 spiro atoms. The molecule has 0 amide bonds. The highest BCUT2D eigenvalue weighted by Gasteiger charge is 2.28. The molecule has 1 aromatic rings. The first-order chi connectivity index (χ1) is 7.27. The fourth-order valence-corrected chi connectivity index (χ4v) is 2.76. The van der Waals surface area contributed by atoms with Gasteiger partial charge >= 0.3 is 0 Å². The largest absolute Gasteiger partial charge is 0.309 e. The highest BCUT2D eigenvalue weighted by molar-refractivity contribution is 5.85. The van der Waals surface area contributed by atoms with Crippen LogP contribution in [-0.2, 0) is 0 Å². The third kappa shape index (κ3) is 3.19. The van der Waals surface area contributed by atoms with E-state index in [9.17, 15) is 0 Å². The lowest BCUT2D eigenvalue weighted by Crippen LogP contribution is -2.23. The van der Waals surface area contributed by atoms with E-state index in [4.69, 9.17) is 0 Å². The van der Waals surface area contributed by atoms with Crippen molar-refractivity contribution in [3.05, 3.63) is 30.1 Å². The summed E-state index contributed by atoms with van der Waals surface area (Å²) in [6.45, 7) is 1.21. The second-order valence-corrected chi connectivity index (χ2v) is 4.85. The van der Waals surface area contributed by atoms with Gasteiger partial charge in [0.25, 0.3) is 0 Å². The Morgan fingerprint density at radius 1 is 1.38 bits per heavy atom. The van der Waals surface area contributed by atoms with Gasteiger partial charge in [0.05, 0.1) is 0 Å². The molecule has 0 saturated heterocycles. The second kappa shape index (κ2) is 6.21. The van der Waals surface area contributed by atoms with Crippen molar-refractivity contribution in [3.8, 4) is 0 Å². The summed E-state index contributed by atoms with van der Waals surface area (Å²) in [4.78, 5) is 6.53. The first-order valence-corrected chi connectivity index (χ1v) is 5.82. The van der Waals surface area contributed by atoms with E-state index in [1.807, 2.05) is 12.4 Å². The molecule has 2 nitrogen and oxygen atoms in total. The van der Waals surface area contributed by atoms with E-state index < -0.39 is 0 Å². The van der Waals surface area contributed by atoms with Crippen LogP contribution >= 0.6 is 12.4 Å². The Hall–Kier alpha value is -0.600. The average Bonchev–Trinajstić information content (AvgIpc) is 2.66. The molecule has 0 bridgehead atoms. The maximum atomic E-state index is 4.23. The third-order valence-corrected chi connectivity index (χ3v) is 3.37. The normalized spacial score (nSPS) is 24.4.